The lowest BCUT2D eigenvalue weighted by Crippen LogP contribution is -2.47. The maximum absolute atomic E-state index is 12.2. The summed E-state index contributed by atoms with van der Waals surface area (Å²) in [6, 6.07) is 0.387. The van der Waals surface area contributed by atoms with Gasteiger partial charge in [-0.05, 0) is 37.6 Å². The van der Waals surface area contributed by atoms with Crippen molar-refractivity contribution in [1.82, 2.24) is 4.90 Å². The Balaban J connectivity index is 2.59. The fourth-order valence-corrected chi connectivity index (χ4v) is 2.28. The molecule has 1 amide bonds. The molecule has 1 rings (SSSR count). The largest absolute Gasteiger partial charge is 0.340 e. The Labute approximate surface area is 99.4 Å². The highest BCUT2D eigenvalue weighted by Gasteiger charge is 2.30. The smallest absolute Gasteiger partial charge is 0.223 e. The van der Waals surface area contributed by atoms with Crippen LogP contribution in [0.25, 0.3) is 0 Å². The van der Waals surface area contributed by atoms with Gasteiger partial charge in [-0.25, -0.2) is 0 Å². The average Bonchev–Trinajstić information content (AvgIpc) is 2.15. The van der Waals surface area contributed by atoms with Gasteiger partial charge in [0.2, 0.25) is 5.91 Å². The second-order valence-electron chi connectivity index (χ2n) is 6.31. The molecule has 0 aromatic heterocycles. The molecule has 94 valence electrons. The van der Waals surface area contributed by atoms with E-state index in [9.17, 15) is 4.79 Å². The van der Waals surface area contributed by atoms with Crippen molar-refractivity contribution in [2.75, 3.05) is 13.1 Å². The molecule has 2 N–H and O–H groups in total. The van der Waals surface area contributed by atoms with Crippen LogP contribution in [0.2, 0.25) is 0 Å². The predicted molar refractivity (Wildman–Crippen MR) is 67.0 cm³/mol. The van der Waals surface area contributed by atoms with E-state index in [1.165, 1.54) is 0 Å². The van der Waals surface area contributed by atoms with Gasteiger partial charge in [-0.3, -0.25) is 4.79 Å². The number of hydrogen-bond donors (Lipinski definition) is 1. The molecule has 0 aromatic carbocycles. The van der Waals surface area contributed by atoms with E-state index in [1.807, 2.05) is 4.90 Å². The number of nitrogens with two attached hydrogens (primary N) is 1. The van der Waals surface area contributed by atoms with Gasteiger partial charge in [0.15, 0.2) is 0 Å². The van der Waals surface area contributed by atoms with Gasteiger partial charge in [-0.2, -0.15) is 0 Å². The highest BCUT2D eigenvalue weighted by atomic mass is 16.2. The quantitative estimate of drug-likeness (QED) is 0.783. The lowest BCUT2D eigenvalue weighted by Gasteiger charge is -2.39. The van der Waals surface area contributed by atoms with Crippen LogP contribution in [0.1, 0.15) is 47.0 Å². The van der Waals surface area contributed by atoms with E-state index in [4.69, 9.17) is 5.73 Å². The minimum Gasteiger partial charge on any atom is -0.340 e. The molecule has 2 unspecified atom stereocenters. The second kappa shape index (κ2) is 5.17. The number of likely N-dealkylation sites (tertiary alicyclic amines) is 1. The summed E-state index contributed by atoms with van der Waals surface area (Å²) in [5, 5.41) is 0. The molecule has 0 radical (unpaired) electrons. The van der Waals surface area contributed by atoms with Gasteiger partial charge in [-0.15, -0.1) is 0 Å². The average molecular weight is 226 g/mol. The van der Waals surface area contributed by atoms with Gasteiger partial charge in [-0.1, -0.05) is 20.8 Å². The number of hydrogen-bond acceptors (Lipinski definition) is 2. The molecular weight excluding hydrogens is 200 g/mol. The number of carbonyl (C=O) groups is 1. The van der Waals surface area contributed by atoms with E-state index in [1.54, 1.807) is 0 Å². The Morgan fingerprint density at radius 2 is 2.00 bits per heavy atom. The summed E-state index contributed by atoms with van der Waals surface area (Å²) < 4.78 is 0. The fourth-order valence-electron chi connectivity index (χ4n) is 2.28. The molecule has 16 heavy (non-hydrogen) atoms. The van der Waals surface area contributed by atoms with Gasteiger partial charge in [0, 0.05) is 19.0 Å². The third kappa shape index (κ3) is 3.78. The van der Waals surface area contributed by atoms with E-state index < -0.39 is 0 Å². The highest BCUT2D eigenvalue weighted by Crippen LogP contribution is 2.25. The third-order valence-electron chi connectivity index (χ3n) is 3.31. The van der Waals surface area contributed by atoms with Crippen LogP contribution in [0, 0.1) is 11.3 Å². The monoisotopic (exact) mass is 226 g/mol. The highest BCUT2D eigenvalue weighted by molar-refractivity contribution is 5.77. The van der Waals surface area contributed by atoms with Crippen LogP contribution in [0.15, 0.2) is 0 Å². The summed E-state index contributed by atoms with van der Waals surface area (Å²) >= 11 is 0. The summed E-state index contributed by atoms with van der Waals surface area (Å²) in [6.07, 6.45) is 2.89. The molecule has 2 atom stereocenters. The number of nitrogens with zero attached hydrogens (tertiary/aromatic N) is 1. The van der Waals surface area contributed by atoms with Crippen LogP contribution in [-0.2, 0) is 4.79 Å². The summed E-state index contributed by atoms with van der Waals surface area (Å²) in [5.74, 6) is 0.790. The molecule has 0 spiro atoms. The van der Waals surface area contributed by atoms with E-state index in [2.05, 4.69) is 27.7 Å². The normalized spacial score (nSPS) is 26.9. The Morgan fingerprint density at radius 1 is 1.38 bits per heavy atom. The molecule has 1 saturated heterocycles. The molecule has 0 saturated carbocycles. The van der Waals surface area contributed by atoms with Crippen molar-refractivity contribution in [3.05, 3.63) is 0 Å². The predicted octanol–water partition coefficient (Wildman–Crippen LogP) is 2.01. The summed E-state index contributed by atoms with van der Waals surface area (Å²) in [6.45, 7) is 10.0. The zero-order valence-electron chi connectivity index (χ0n) is 11.1. The first-order valence-corrected chi connectivity index (χ1v) is 6.33. The number of carbonyl (C=O) groups excluding carboxylic acids is 1. The first kappa shape index (κ1) is 13.5. The Hall–Kier alpha value is -0.570. The first-order chi connectivity index (χ1) is 7.33. The summed E-state index contributed by atoms with van der Waals surface area (Å²) in [5.41, 5.74) is 5.78. The van der Waals surface area contributed by atoms with Crippen molar-refractivity contribution < 1.29 is 4.79 Å². The topological polar surface area (TPSA) is 46.3 Å². The maximum Gasteiger partial charge on any atom is 0.223 e. The third-order valence-corrected chi connectivity index (χ3v) is 3.31. The van der Waals surface area contributed by atoms with Crippen molar-refractivity contribution in [3.63, 3.8) is 0 Å². The first-order valence-electron chi connectivity index (χ1n) is 6.33. The number of amides is 1. The Kier molecular flexibility index (Phi) is 4.36. The summed E-state index contributed by atoms with van der Waals surface area (Å²) in [7, 11) is 0. The maximum atomic E-state index is 12.2. The molecule has 3 nitrogen and oxygen atoms in total. The van der Waals surface area contributed by atoms with Crippen LogP contribution < -0.4 is 5.73 Å². The van der Waals surface area contributed by atoms with Crippen LogP contribution in [0.5, 0.6) is 0 Å². The summed E-state index contributed by atoms with van der Waals surface area (Å²) in [4.78, 5) is 14.2. The van der Waals surface area contributed by atoms with Crippen molar-refractivity contribution in [1.29, 1.82) is 0 Å². The standard InChI is InChI=1S/C13H26N2O/c1-10-5-6-11(8-14)9-15(10)12(16)7-13(2,3)4/h10-11H,5-9,14H2,1-4H3. The minimum atomic E-state index is 0.0759. The van der Waals surface area contributed by atoms with Gasteiger partial charge in [0.05, 0.1) is 0 Å². The van der Waals surface area contributed by atoms with E-state index in [0.717, 1.165) is 19.4 Å². The number of piperidine rings is 1. The molecule has 0 aromatic rings. The fraction of sp³-hybridized carbons (Fsp3) is 0.923. The van der Waals surface area contributed by atoms with E-state index in [0.29, 0.717) is 24.9 Å². The van der Waals surface area contributed by atoms with Gasteiger partial charge < -0.3 is 10.6 Å². The Morgan fingerprint density at radius 3 is 2.50 bits per heavy atom. The lowest BCUT2D eigenvalue weighted by atomic mass is 9.89. The zero-order valence-corrected chi connectivity index (χ0v) is 11.1. The van der Waals surface area contributed by atoms with Crippen molar-refractivity contribution in [3.8, 4) is 0 Å². The number of rotatable bonds is 2. The molecule has 1 heterocycles. The SMILES string of the molecule is CC1CCC(CN)CN1C(=O)CC(C)(C)C. The zero-order chi connectivity index (χ0) is 12.3. The van der Waals surface area contributed by atoms with Gasteiger partial charge >= 0.3 is 0 Å². The molecule has 1 aliphatic heterocycles. The molecule has 1 fully saturated rings. The van der Waals surface area contributed by atoms with Crippen LogP contribution >= 0.6 is 0 Å². The van der Waals surface area contributed by atoms with Crippen LogP contribution in [0.4, 0.5) is 0 Å². The van der Waals surface area contributed by atoms with Crippen molar-refractivity contribution in [2.45, 2.75) is 53.0 Å². The van der Waals surface area contributed by atoms with Crippen LogP contribution in [0.3, 0.4) is 0 Å². The molecule has 0 bridgehead atoms. The van der Waals surface area contributed by atoms with E-state index >= 15 is 0 Å². The molecule has 3 heteroatoms. The minimum absolute atomic E-state index is 0.0759. The lowest BCUT2D eigenvalue weighted by molar-refractivity contribution is -0.137. The van der Waals surface area contributed by atoms with Gasteiger partial charge in [0.25, 0.3) is 0 Å². The second-order valence-corrected chi connectivity index (χ2v) is 6.31. The molecule has 1 aliphatic rings. The molecular formula is C13H26N2O. The molecule has 0 aliphatic carbocycles. The van der Waals surface area contributed by atoms with Gasteiger partial charge in [0.1, 0.15) is 0 Å². The van der Waals surface area contributed by atoms with Crippen molar-refractivity contribution >= 4 is 5.91 Å². The Bertz CT molecular complexity index is 245. The van der Waals surface area contributed by atoms with Crippen LogP contribution in [-0.4, -0.2) is 29.9 Å². The van der Waals surface area contributed by atoms with Crippen molar-refractivity contribution in [2.24, 2.45) is 17.1 Å². The van der Waals surface area contributed by atoms with E-state index in [-0.39, 0.29) is 11.3 Å².